The standard InChI is InChI=1S/C15H9ClF3N3O6/c16-8-1-4-13(12(5-8)22(26)27)28-7-14(23)20-11-3-2-9(21(24)25)6-10(11)15(17,18)19/h1-6H,7H2,(H,20,23). The van der Waals surface area contributed by atoms with Gasteiger partial charge in [-0.3, -0.25) is 25.0 Å². The Morgan fingerprint density at radius 2 is 1.79 bits per heavy atom. The number of carbonyl (C=O) groups excluding carboxylic acids is 1. The minimum absolute atomic E-state index is 0.0456. The van der Waals surface area contributed by atoms with E-state index in [2.05, 4.69) is 0 Å². The number of rotatable bonds is 6. The zero-order chi connectivity index (χ0) is 21.1. The van der Waals surface area contributed by atoms with Crippen molar-refractivity contribution in [3.05, 3.63) is 67.2 Å². The monoisotopic (exact) mass is 419 g/mol. The summed E-state index contributed by atoms with van der Waals surface area (Å²) in [7, 11) is 0. The van der Waals surface area contributed by atoms with Gasteiger partial charge < -0.3 is 10.1 Å². The molecule has 28 heavy (non-hydrogen) atoms. The maximum absolute atomic E-state index is 13.1. The molecule has 0 bridgehead atoms. The van der Waals surface area contributed by atoms with E-state index in [9.17, 15) is 38.2 Å². The first-order chi connectivity index (χ1) is 13.0. The van der Waals surface area contributed by atoms with Crippen LogP contribution in [0.15, 0.2) is 36.4 Å². The maximum atomic E-state index is 13.1. The van der Waals surface area contributed by atoms with Crippen molar-refractivity contribution >= 4 is 34.6 Å². The minimum Gasteiger partial charge on any atom is -0.477 e. The first-order valence-corrected chi connectivity index (χ1v) is 7.59. The fourth-order valence-electron chi connectivity index (χ4n) is 2.07. The highest BCUT2D eigenvalue weighted by molar-refractivity contribution is 6.30. The number of carbonyl (C=O) groups is 1. The van der Waals surface area contributed by atoms with Crippen LogP contribution >= 0.6 is 11.6 Å². The molecule has 0 unspecified atom stereocenters. The Balaban J connectivity index is 2.18. The Morgan fingerprint density at radius 1 is 1.11 bits per heavy atom. The molecule has 0 spiro atoms. The lowest BCUT2D eigenvalue weighted by Crippen LogP contribution is -2.22. The molecule has 2 rings (SSSR count). The molecule has 13 heteroatoms. The number of nitro benzene ring substituents is 2. The molecule has 1 N–H and O–H groups in total. The van der Waals surface area contributed by atoms with Crippen molar-refractivity contribution < 1.29 is 32.5 Å². The summed E-state index contributed by atoms with van der Waals surface area (Å²) in [6.07, 6.45) is -4.97. The molecule has 0 fully saturated rings. The number of non-ortho nitro benzene ring substituents is 1. The summed E-state index contributed by atoms with van der Waals surface area (Å²) >= 11 is 5.63. The van der Waals surface area contributed by atoms with Crippen LogP contribution in [0.1, 0.15) is 5.56 Å². The van der Waals surface area contributed by atoms with E-state index in [-0.39, 0.29) is 16.8 Å². The van der Waals surface area contributed by atoms with Crippen molar-refractivity contribution in [3.8, 4) is 5.75 Å². The summed E-state index contributed by atoms with van der Waals surface area (Å²) in [5.74, 6) is -1.38. The number of anilines is 1. The lowest BCUT2D eigenvalue weighted by molar-refractivity contribution is -0.385. The van der Waals surface area contributed by atoms with Crippen molar-refractivity contribution in [3.63, 3.8) is 0 Å². The van der Waals surface area contributed by atoms with Gasteiger partial charge in [-0.2, -0.15) is 13.2 Å². The lowest BCUT2D eigenvalue weighted by Gasteiger charge is -2.14. The number of amides is 1. The van der Waals surface area contributed by atoms with Crippen LogP contribution in [0.25, 0.3) is 0 Å². The number of nitrogens with zero attached hydrogens (tertiary/aromatic N) is 2. The molecule has 0 atom stereocenters. The largest absolute Gasteiger partial charge is 0.477 e. The zero-order valence-electron chi connectivity index (χ0n) is 13.5. The third-order valence-corrected chi connectivity index (χ3v) is 3.51. The van der Waals surface area contributed by atoms with Crippen LogP contribution in [-0.2, 0) is 11.0 Å². The summed E-state index contributed by atoms with van der Waals surface area (Å²) in [4.78, 5) is 31.7. The smallest absolute Gasteiger partial charge is 0.418 e. The van der Waals surface area contributed by atoms with Crippen LogP contribution in [0, 0.1) is 20.2 Å². The minimum atomic E-state index is -4.97. The number of benzene rings is 2. The van der Waals surface area contributed by atoms with Gasteiger partial charge in [0.2, 0.25) is 0 Å². The molecule has 1 amide bonds. The molecule has 0 aliphatic rings. The van der Waals surface area contributed by atoms with Crippen LogP contribution in [0.4, 0.5) is 30.2 Å². The van der Waals surface area contributed by atoms with Crippen LogP contribution in [0.3, 0.4) is 0 Å². The summed E-state index contributed by atoms with van der Waals surface area (Å²) < 4.78 is 44.2. The summed E-state index contributed by atoms with van der Waals surface area (Å²) in [6, 6.07) is 5.16. The van der Waals surface area contributed by atoms with Crippen molar-refractivity contribution in [2.24, 2.45) is 0 Å². The fourth-order valence-corrected chi connectivity index (χ4v) is 2.24. The first kappa shape index (κ1) is 20.9. The van der Waals surface area contributed by atoms with Crippen LogP contribution in [0.2, 0.25) is 5.02 Å². The van der Waals surface area contributed by atoms with E-state index >= 15 is 0 Å². The van der Waals surface area contributed by atoms with Gasteiger partial charge in [-0.25, -0.2) is 0 Å². The van der Waals surface area contributed by atoms with Gasteiger partial charge in [-0.15, -0.1) is 0 Å². The highest BCUT2D eigenvalue weighted by Crippen LogP contribution is 2.37. The van der Waals surface area contributed by atoms with E-state index in [0.717, 1.165) is 24.3 Å². The van der Waals surface area contributed by atoms with Crippen molar-refractivity contribution in [2.45, 2.75) is 6.18 Å². The fraction of sp³-hybridized carbons (Fsp3) is 0.133. The quantitative estimate of drug-likeness (QED) is 0.552. The Labute approximate surface area is 159 Å². The van der Waals surface area contributed by atoms with Crippen LogP contribution in [-0.4, -0.2) is 22.4 Å². The maximum Gasteiger partial charge on any atom is 0.418 e. The Hall–Kier alpha value is -3.41. The average Bonchev–Trinajstić information content (AvgIpc) is 2.59. The number of halogens is 4. The highest BCUT2D eigenvalue weighted by Gasteiger charge is 2.35. The van der Waals surface area contributed by atoms with Crippen molar-refractivity contribution in [1.29, 1.82) is 0 Å². The zero-order valence-corrected chi connectivity index (χ0v) is 14.3. The van der Waals surface area contributed by atoms with E-state index < -0.39 is 51.2 Å². The summed E-state index contributed by atoms with van der Waals surface area (Å²) in [6.45, 7) is -0.850. The number of hydrogen-bond acceptors (Lipinski definition) is 6. The van der Waals surface area contributed by atoms with Gasteiger partial charge in [-0.05, 0) is 18.2 Å². The third-order valence-electron chi connectivity index (χ3n) is 3.27. The van der Waals surface area contributed by atoms with Gasteiger partial charge in [0, 0.05) is 23.2 Å². The second kappa shape index (κ2) is 8.08. The van der Waals surface area contributed by atoms with Crippen molar-refractivity contribution in [1.82, 2.24) is 0 Å². The first-order valence-electron chi connectivity index (χ1n) is 7.21. The van der Waals surface area contributed by atoms with E-state index in [1.54, 1.807) is 0 Å². The second-order valence-electron chi connectivity index (χ2n) is 5.19. The lowest BCUT2D eigenvalue weighted by atomic mass is 10.1. The number of hydrogen-bond donors (Lipinski definition) is 1. The van der Waals surface area contributed by atoms with Gasteiger partial charge in [0.15, 0.2) is 12.4 Å². The number of nitrogens with one attached hydrogen (secondary N) is 1. The highest BCUT2D eigenvalue weighted by atomic mass is 35.5. The molecular formula is C15H9ClF3N3O6. The van der Waals surface area contributed by atoms with Crippen LogP contribution < -0.4 is 10.1 Å². The topological polar surface area (TPSA) is 125 Å². The normalized spacial score (nSPS) is 11.0. The molecule has 0 radical (unpaired) electrons. The van der Waals surface area contributed by atoms with Gasteiger partial charge in [-0.1, -0.05) is 11.6 Å². The molecule has 0 heterocycles. The molecule has 0 aromatic heterocycles. The molecule has 2 aromatic rings. The molecule has 0 saturated carbocycles. The molecule has 0 aliphatic heterocycles. The van der Waals surface area contributed by atoms with Gasteiger partial charge in [0.05, 0.1) is 21.1 Å². The molecule has 2 aromatic carbocycles. The molecule has 0 aliphatic carbocycles. The predicted molar refractivity (Wildman–Crippen MR) is 90.3 cm³/mol. The third kappa shape index (κ3) is 5.07. The Kier molecular flexibility index (Phi) is 6.03. The molecule has 148 valence electrons. The molecular weight excluding hydrogens is 411 g/mol. The average molecular weight is 420 g/mol. The van der Waals surface area contributed by atoms with E-state index in [1.165, 1.54) is 6.07 Å². The van der Waals surface area contributed by atoms with Crippen LogP contribution in [0.5, 0.6) is 5.75 Å². The van der Waals surface area contributed by atoms with Gasteiger partial charge >= 0.3 is 11.9 Å². The second-order valence-corrected chi connectivity index (χ2v) is 5.63. The predicted octanol–water partition coefficient (Wildman–Crippen LogP) is 4.19. The number of ether oxygens (including phenoxy) is 1. The Bertz CT molecular complexity index is 951. The summed E-state index contributed by atoms with van der Waals surface area (Å²) in [5.41, 5.74) is -3.49. The van der Waals surface area contributed by atoms with Gasteiger partial charge in [0.1, 0.15) is 0 Å². The van der Waals surface area contributed by atoms with E-state index in [1.807, 2.05) is 5.32 Å². The van der Waals surface area contributed by atoms with E-state index in [4.69, 9.17) is 16.3 Å². The Morgan fingerprint density at radius 3 is 2.36 bits per heavy atom. The summed E-state index contributed by atoms with van der Waals surface area (Å²) in [5, 5.41) is 23.5. The molecule has 0 saturated heterocycles. The molecule has 9 nitrogen and oxygen atoms in total. The number of nitro groups is 2. The van der Waals surface area contributed by atoms with Crippen molar-refractivity contribution in [2.75, 3.05) is 11.9 Å². The van der Waals surface area contributed by atoms with E-state index in [0.29, 0.717) is 0 Å². The van der Waals surface area contributed by atoms with Gasteiger partial charge in [0.25, 0.3) is 11.6 Å². The SMILES string of the molecule is O=C(COc1ccc(Cl)cc1[N+](=O)[O-])Nc1ccc([N+](=O)[O-])cc1C(F)(F)F. The number of alkyl halides is 3.